The Labute approximate surface area is 283 Å². The van der Waals surface area contributed by atoms with Crippen molar-refractivity contribution < 1.29 is 32.5 Å². The molecule has 4 aromatic carbocycles. The third kappa shape index (κ3) is 8.22. The number of hydrogen-bond acceptors (Lipinski definition) is 8. The van der Waals surface area contributed by atoms with Gasteiger partial charge in [-0.3, -0.25) is 4.79 Å². The maximum atomic E-state index is 14.4. The summed E-state index contributed by atoms with van der Waals surface area (Å²) < 4.78 is 45.3. The van der Waals surface area contributed by atoms with Gasteiger partial charge in [-0.05, 0) is 66.6 Å². The molecule has 0 unspecified atom stereocenters. The Balaban J connectivity index is 1.51. The molecule has 0 spiro atoms. The van der Waals surface area contributed by atoms with E-state index < -0.39 is 27.4 Å². The van der Waals surface area contributed by atoms with Crippen molar-refractivity contribution in [2.24, 2.45) is 4.99 Å². The van der Waals surface area contributed by atoms with Crippen LogP contribution in [0.25, 0.3) is 0 Å². The quantitative estimate of drug-likeness (QED) is 0.151. The summed E-state index contributed by atoms with van der Waals surface area (Å²) in [6.07, 6.45) is -0.0353. The van der Waals surface area contributed by atoms with Crippen molar-refractivity contribution in [3.63, 3.8) is 0 Å². The van der Waals surface area contributed by atoms with Crippen LogP contribution >= 0.6 is 15.9 Å². The largest absolute Gasteiger partial charge is 0.497 e. The molecule has 47 heavy (non-hydrogen) atoms. The van der Waals surface area contributed by atoms with Crippen LogP contribution in [0.3, 0.4) is 0 Å². The molecule has 4 aromatic rings. The molecule has 0 saturated heterocycles. The molecule has 0 saturated carbocycles. The number of aliphatic hydroxyl groups is 1. The number of amides is 1. The highest BCUT2D eigenvalue weighted by Crippen LogP contribution is 2.45. The monoisotopic (exact) mass is 720 g/mol. The molecule has 2 atom stereocenters. The number of carbonyl (C=O) groups is 1. The zero-order valence-corrected chi connectivity index (χ0v) is 28.4. The van der Waals surface area contributed by atoms with Gasteiger partial charge in [-0.15, -0.1) is 0 Å². The second-order valence-corrected chi connectivity index (χ2v) is 14.0. The van der Waals surface area contributed by atoms with Crippen LogP contribution in [0.4, 0.5) is 0 Å². The van der Waals surface area contributed by atoms with Crippen molar-refractivity contribution >= 4 is 37.6 Å². The van der Waals surface area contributed by atoms with Crippen LogP contribution in [0.1, 0.15) is 35.6 Å². The summed E-state index contributed by atoms with van der Waals surface area (Å²) in [6, 6.07) is 30.3. The standard InChI is InChI=1S/C36H37BrN2O7S/c1-44-29-10-7-9-26(25-29)19-21-38-35(41)36(20-24-47(42,43)30-11-3-2-4-12-30)33(31-13-5-6-14-32(31)37)46-34(39-36)27-15-17-28(18-16-27)45-23-8-22-40/h2-7,9-18,25,33,40H,8,19-24H2,1H3,(H,38,41)/t33-,36-/m1/s1. The lowest BCUT2D eigenvalue weighted by atomic mass is 9.85. The van der Waals surface area contributed by atoms with Gasteiger partial charge >= 0.3 is 0 Å². The van der Waals surface area contributed by atoms with Crippen molar-refractivity contribution in [2.75, 3.05) is 32.6 Å². The van der Waals surface area contributed by atoms with E-state index in [1.807, 2.05) is 48.5 Å². The van der Waals surface area contributed by atoms with E-state index in [9.17, 15) is 13.2 Å². The SMILES string of the molecule is COc1cccc(CCNC(=O)[C@]2(CCS(=O)(=O)c3ccccc3)N=C(c3ccc(OCCCO)cc3)O[C@@H]2c2ccccc2Br)c1. The minimum absolute atomic E-state index is 0.0306. The summed E-state index contributed by atoms with van der Waals surface area (Å²) in [5.41, 5.74) is 0.621. The Morgan fingerprint density at radius 3 is 2.45 bits per heavy atom. The Morgan fingerprint density at radius 1 is 0.979 bits per heavy atom. The first-order valence-electron chi connectivity index (χ1n) is 15.3. The van der Waals surface area contributed by atoms with E-state index in [2.05, 4.69) is 21.2 Å². The first kappa shape index (κ1) is 34.2. The molecule has 246 valence electrons. The number of benzene rings is 4. The number of rotatable bonds is 15. The van der Waals surface area contributed by atoms with Gasteiger partial charge in [-0.2, -0.15) is 0 Å². The van der Waals surface area contributed by atoms with E-state index in [1.54, 1.807) is 61.7 Å². The van der Waals surface area contributed by atoms with Crippen LogP contribution in [0.15, 0.2) is 117 Å². The number of methoxy groups -OCH3 is 1. The third-order valence-electron chi connectivity index (χ3n) is 7.91. The second kappa shape index (κ2) is 15.6. The highest BCUT2D eigenvalue weighted by molar-refractivity contribution is 9.10. The van der Waals surface area contributed by atoms with E-state index in [4.69, 9.17) is 24.3 Å². The van der Waals surface area contributed by atoms with E-state index in [-0.39, 0.29) is 36.1 Å². The molecular weight excluding hydrogens is 684 g/mol. The fourth-order valence-electron chi connectivity index (χ4n) is 5.37. The number of nitrogens with one attached hydrogen (secondary N) is 1. The van der Waals surface area contributed by atoms with Crippen molar-refractivity contribution in [1.29, 1.82) is 0 Å². The fourth-order valence-corrected chi connectivity index (χ4v) is 7.25. The lowest BCUT2D eigenvalue weighted by Gasteiger charge is -2.31. The fraction of sp³-hybridized carbons (Fsp3) is 0.278. The summed E-state index contributed by atoms with van der Waals surface area (Å²) >= 11 is 3.62. The number of ether oxygens (including phenoxy) is 3. The molecule has 1 aliphatic rings. The Morgan fingerprint density at radius 2 is 1.72 bits per heavy atom. The molecule has 9 nitrogen and oxygen atoms in total. The van der Waals surface area contributed by atoms with Gasteiger partial charge in [0.2, 0.25) is 5.90 Å². The summed E-state index contributed by atoms with van der Waals surface area (Å²) in [6.45, 7) is 0.682. The number of aliphatic imine (C=N–C) groups is 1. The van der Waals surface area contributed by atoms with Gasteiger partial charge in [0.25, 0.3) is 5.91 Å². The van der Waals surface area contributed by atoms with E-state index >= 15 is 0 Å². The summed E-state index contributed by atoms with van der Waals surface area (Å²) in [4.78, 5) is 19.6. The van der Waals surface area contributed by atoms with Gasteiger partial charge in [0.1, 0.15) is 11.5 Å². The van der Waals surface area contributed by atoms with Crippen LogP contribution < -0.4 is 14.8 Å². The van der Waals surface area contributed by atoms with Gasteiger partial charge in [0.05, 0.1) is 24.4 Å². The number of carbonyl (C=O) groups excluding carboxylic acids is 1. The van der Waals surface area contributed by atoms with Crippen LogP contribution in [-0.2, 0) is 25.8 Å². The topological polar surface area (TPSA) is 124 Å². The molecule has 0 fully saturated rings. The number of nitrogens with zero attached hydrogens (tertiary/aromatic N) is 1. The molecular formula is C36H37BrN2O7S. The molecule has 1 heterocycles. The normalized spacial score (nSPS) is 17.4. The first-order chi connectivity index (χ1) is 22.8. The van der Waals surface area contributed by atoms with Gasteiger partial charge < -0.3 is 24.6 Å². The van der Waals surface area contributed by atoms with Gasteiger partial charge in [-0.1, -0.05) is 64.5 Å². The minimum Gasteiger partial charge on any atom is -0.497 e. The minimum atomic E-state index is -3.77. The predicted molar refractivity (Wildman–Crippen MR) is 184 cm³/mol. The molecule has 1 aliphatic heterocycles. The second-order valence-electron chi connectivity index (χ2n) is 11.0. The third-order valence-corrected chi connectivity index (χ3v) is 10.4. The molecule has 0 bridgehead atoms. The number of aliphatic hydroxyl groups excluding tert-OH is 1. The van der Waals surface area contributed by atoms with Crippen molar-refractivity contribution in [3.8, 4) is 11.5 Å². The van der Waals surface area contributed by atoms with E-state index in [1.165, 1.54) is 0 Å². The van der Waals surface area contributed by atoms with Gasteiger partial charge in [-0.25, -0.2) is 13.4 Å². The average molecular weight is 722 g/mol. The maximum absolute atomic E-state index is 14.4. The van der Waals surface area contributed by atoms with Crippen LogP contribution in [-0.4, -0.2) is 63.5 Å². The number of hydrogen-bond donors (Lipinski definition) is 2. The lowest BCUT2D eigenvalue weighted by molar-refractivity contribution is -0.129. The highest BCUT2D eigenvalue weighted by atomic mass is 79.9. The molecule has 0 aliphatic carbocycles. The van der Waals surface area contributed by atoms with Crippen LogP contribution in [0.2, 0.25) is 0 Å². The maximum Gasteiger partial charge on any atom is 0.252 e. The summed E-state index contributed by atoms with van der Waals surface area (Å²) in [5.74, 6) is 0.766. The summed E-state index contributed by atoms with van der Waals surface area (Å²) in [5, 5.41) is 12.1. The van der Waals surface area contributed by atoms with Crippen LogP contribution in [0.5, 0.6) is 11.5 Å². The molecule has 1 amide bonds. The zero-order chi connectivity index (χ0) is 33.3. The van der Waals surface area contributed by atoms with Crippen LogP contribution in [0, 0.1) is 0 Å². The molecule has 0 aromatic heterocycles. The molecule has 2 N–H and O–H groups in total. The summed E-state index contributed by atoms with van der Waals surface area (Å²) in [7, 11) is -2.17. The molecule has 0 radical (unpaired) electrons. The average Bonchev–Trinajstić information content (AvgIpc) is 3.49. The zero-order valence-electron chi connectivity index (χ0n) is 26.0. The first-order valence-corrected chi connectivity index (χ1v) is 17.7. The van der Waals surface area contributed by atoms with Gasteiger partial charge in [0.15, 0.2) is 21.5 Å². The van der Waals surface area contributed by atoms with Crippen molar-refractivity contribution in [3.05, 3.63) is 124 Å². The van der Waals surface area contributed by atoms with Gasteiger partial charge in [0, 0.05) is 41.6 Å². The smallest absolute Gasteiger partial charge is 0.252 e. The van der Waals surface area contributed by atoms with E-state index in [0.29, 0.717) is 46.5 Å². The Bertz CT molecular complexity index is 1800. The lowest BCUT2D eigenvalue weighted by Crippen LogP contribution is -2.49. The molecule has 11 heteroatoms. The number of halogens is 1. The van der Waals surface area contributed by atoms with Crippen molar-refractivity contribution in [1.82, 2.24) is 5.32 Å². The van der Waals surface area contributed by atoms with Crippen molar-refractivity contribution in [2.45, 2.75) is 35.8 Å². The Kier molecular flexibility index (Phi) is 11.3. The molecule has 5 rings (SSSR count). The highest BCUT2D eigenvalue weighted by Gasteiger charge is 2.54. The van der Waals surface area contributed by atoms with E-state index in [0.717, 1.165) is 5.56 Å². The predicted octanol–water partition coefficient (Wildman–Crippen LogP) is 5.70. The number of sulfone groups is 1. The Hall–Kier alpha value is -4.19.